The van der Waals surface area contributed by atoms with E-state index in [-0.39, 0.29) is 24.1 Å². The number of hydrogen-bond acceptors (Lipinski definition) is 5. The number of halogens is 3. The van der Waals surface area contributed by atoms with Crippen molar-refractivity contribution >= 4 is 22.9 Å². The average molecular weight is 558 g/mol. The Labute approximate surface area is 233 Å². The van der Waals surface area contributed by atoms with E-state index in [9.17, 15) is 23.1 Å². The van der Waals surface area contributed by atoms with Crippen LogP contribution in [0.2, 0.25) is 0 Å². The first kappa shape index (κ1) is 28.6. The third-order valence-electron chi connectivity index (χ3n) is 8.41. The number of carbonyl (C=O) groups excluding carboxylic acids is 1. The standard InChI is InChI=1S/C30H38F3N5O2/c1-20(2)37-14-12-36(13-15-37)18-22-8-11-27-26(16-22)34-29(38(27)25-9-6-21(19-39)7-10-25)35-28(40)23-4-3-5-24(17-23)30(31,32)33/h3-5,8,11,16-17,20-21,25,39H,6-7,9-10,12-15,18-19H2,1-2H3,(H,34,35,40). The summed E-state index contributed by atoms with van der Waals surface area (Å²) in [6, 6.07) is 11.2. The molecular formula is C30H38F3N5O2. The number of rotatable bonds is 7. The molecule has 0 atom stereocenters. The van der Waals surface area contributed by atoms with E-state index < -0.39 is 17.6 Å². The van der Waals surface area contributed by atoms with Crippen LogP contribution in [0.15, 0.2) is 42.5 Å². The molecule has 2 aliphatic rings. The van der Waals surface area contributed by atoms with Gasteiger partial charge in [0, 0.05) is 57.0 Å². The molecule has 1 aliphatic carbocycles. The van der Waals surface area contributed by atoms with E-state index in [1.165, 1.54) is 12.1 Å². The lowest BCUT2D eigenvalue weighted by Gasteiger charge is -2.36. The zero-order valence-corrected chi connectivity index (χ0v) is 23.1. The van der Waals surface area contributed by atoms with Gasteiger partial charge in [-0.15, -0.1) is 0 Å². The van der Waals surface area contributed by atoms with Crippen LogP contribution in [-0.4, -0.2) is 69.2 Å². The lowest BCUT2D eigenvalue weighted by Crippen LogP contribution is -2.48. The van der Waals surface area contributed by atoms with Crippen LogP contribution >= 0.6 is 0 Å². The number of anilines is 1. The summed E-state index contributed by atoms with van der Waals surface area (Å²) in [6.07, 6.45) is -1.16. The fraction of sp³-hybridized carbons (Fsp3) is 0.533. The summed E-state index contributed by atoms with van der Waals surface area (Å²) in [7, 11) is 0. The van der Waals surface area contributed by atoms with Gasteiger partial charge in [-0.25, -0.2) is 4.98 Å². The molecule has 0 unspecified atom stereocenters. The maximum Gasteiger partial charge on any atom is 0.416 e. The quantitative estimate of drug-likeness (QED) is 0.398. The highest BCUT2D eigenvalue weighted by molar-refractivity contribution is 6.04. The molecule has 1 saturated carbocycles. The third kappa shape index (κ3) is 6.34. The Morgan fingerprint density at radius 1 is 1.05 bits per heavy atom. The minimum absolute atomic E-state index is 0.0690. The zero-order valence-electron chi connectivity index (χ0n) is 23.1. The maximum atomic E-state index is 13.3. The Morgan fingerprint density at radius 2 is 1.77 bits per heavy atom. The van der Waals surface area contributed by atoms with Crippen molar-refractivity contribution in [3.8, 4) is 0 Å². The number of fused-ring (bicyclic) bond motifs is 1. The van der Waals surface area contributed by atoms with Crippen molar-refractivity contribution in [3.05, 3.63) is 59.2 Å². The van der Waals surface area contributed by atoms with Crippen LogP contribution in [-0.2, 0) is 12.7 Å². The predicted molar refractivity (Wildman–Crippen MR) is 149 cm³/mol. The van der Waals surface area contributed by atoms with E-state index >= 15 is 0 Å². The summed E-state index contributed by atoms with van der Waals surface area (Å²) < 4.78 is 41.8. The molecule has 0 bridgehead atoms. The van der Waals surface area contributed by atoms with Gasteiger partial charge in [0.1, 0.15) is 0 Å². The van der Waals surface area contributed by atoms with Crippen LogP contribution in [0, 0.1) is 5.92 Å². The van der Waals surface area contributed by atoms with Gasteiger partial charge >= 0.3 is 6.18 Å². The fourth-order valence-electron chi connectivity index (χ4n) is 5.99. The Kier molecular flexibility index (Phi) is 8.49. The number of piperazine rings is 1. The van der Waals surface area contributed by atoms with E-state index in [1.807, 2.05) is 10.6 Å². The molecule has 1 amide bonds. The van der Waals surface area contributed by atoms with Crippen LogP contribution in [0.5, 0.6) is 0 Å². The van der Waals surface area contributed by atoms with Crippen molar-refractivity contribution in [3.63, 3.8) is 0 Å². The van der Waals surface area contributed by atoms with Crippen LogP contribution < -0.4 is 5.32 Å². The van der Waals surface area contributed by atoms with Crippen molar-refractivity contribution in [2.45, 2.75) is 64.3 Å². The number of nitrogens with zero attached hydrogens (tertiary/aromatic N) is 4. The van der Waals surface area contributed by atoms with Gasteiger partial charge in [-0.1, -0.05) is 12.1 Å². The molecule has 3 aromatic rings. The second kappa shape index (κ2) is 11.9. The van der Waals surface area contributed by atoms with Crippen molar-refractivity contribution < 1.29 is 23.1 Å². The Hall–Kier alpha value is -2.95. The van der Waals surface area contributed by atoms with Crippen LogP contribution in [0.25, 0.3) is 11.0 Å². The van der Waals surface area contributed by atoms with Crippen molar-refractivity contribution in [1.29, 1.82) is 0 Å². The fourth-order valence-corrected chi connectivity index (χ4v) is 5.99. The minimum Gasteiger partial charge on any atom is -0.396 e. The van der Waals surface area contributed by atoms with Crippen molar-refractivity contribution in [1.82, 2.24) is 19.4 Å². The Bertz CT molecular complexity index is 1320. The molecular weight excluding hydrogens is 519 g/mol. The Morgan fingerprint density at radius 3 is 2.42 bits per heavy atom. The second-order valence-corrected chi connectivity index (χ2v) is 11.4. The topological polar surface area (TPSA) is 73.6 Å². The maximum absolute atomic E-state index is 13.3. The molecule has 216 valence electrons. The van der Waals surface area contributed by atoms with E-state index in [0.29, 0.717) is 12.0 Å². The Balaban J connectivity index is 1.41. The van der Waals surface area contributed by atoms with Gasteiger partial charge in [-0.3, -0.25) is 19.9 Å². The summed E-state index contributed by atoms with van der Waals surface area (Å²) in [4.78, 5) is 22.8. The minimum atomic E-state index is -4.54. The molecule has 1 saturated heterocycles. The lowest BCUT2D eigenvalue weighted by molar-refractivity contribution is -0.137. The number of carbonyl (C=O) groups is 1. The molecule has 1 aromatic heterocycles. The van der Waals surface area contributed by atoms with E-state index in [1.54, 1.807) is 0 Å². The van der Waals surface area contributed by atoms with Gasteiger partial charge < -0.3 is 9.67 Å². The van der Waals surface area contributed by atoms with Gasteiger partial charge in [-0.2, -0.15) is 13.2 Å². The van der Waals surface area contributed by atoms with Gasteiger partial charge in [0.2, 0.25) is 5.95 Å². The molecule has 1 aliphatic heterocycles. The zero-order chi connectivity index (χ0) is 28.4. The van der Waals surface area contributed by atoms with Crippen LogP contribution in [0.3, 0.4) is 0 Å². The van der Waals surface area contributed by atoms with Gasteiger partial charge in [0.05, 0.1) is 16.6 Å². The van der Waals surface area contributed by atoms with Crippen molar-refractivity contribution in [2.24, 2.45) is 5.92 Å². The average Bonchev–Trinajstić information content (AvgIpc) is 3.29. The molecule has 2 aromatic carbocycles. The predicted octanol–water partition coefficient (Wildman–Crippen LogP) is 5.56. The molecule has 2 heterocycles. The molecule has 5 rings (SSSR count). The van der Waals surface area contributed by atoms with Crippen LogP contribution in [0.4, 0.5) is 19.1 Å². The van der Waals surface area contributed by atoms with E-state index in [0.717, 1.165) is 87.1 Å². The highest BCUT2D eigenvalue weighted by atomic mass is 19.4. The number of amides is 1. The molecule has 10 heteroatoms. The van der Waals surface area contributed by atoms with Gasteiger partial charge in [0.15, 0.2) is 0 Å². The summed E-state index contributed by atoms with van der Waals surface area (Å²) in [5.74, 6) is -0.0283. The monoisotopic (exact) mass is 557 g/mol. The first-order valence-electron chi connectivity index (χ1n) is 14.2. The SMILES string of the molecule is CC(C)N1CCN(Cc2ccc3c(c2)nc(NC(=O)c2cccc(C(F)(F)F)c2)n3C2CCC(CO)CC2)CC1. The van der Waals surface area contributed by atoms with E-state index in [2.05, 4.69) is 41.1 Å². The molecule has 7 nitrogen and oxygen atoms in total. The van der Waals surface area contributed by atoms with Crippen LogP contribution in [0.1, 0.15) is 67.1 Å². The number of imidazole rings is 1. The van der Waals surface area contributed by atoms with E-state index in [4.69, 9.17) is 4.98 Å². The summed E-state index contributed by atoms with van der Waals surface area (Å²) in [5.41, 5.74) is 1.84. The van der Waals surface area contributed by atoms with Gasteiger partial charge in [-0.05, 0) is 81.3 Å². The lowest BCUT2D eigenvalue weighted by atomic mass is 9.86. The number of aliphatic hydroxyl groups excluding tert-OH is 1. The smallest absolute Gasteiger partial charge is 0.396 e. The summed E-state index contributed by atoms with van der Waals surface area (Å²) >= 11 is 0. The number of alkyl halides is 3. The second-order valence-electron chi connectivity index (χ2n) is 11.4. The number of benzene rings is 2. The summed E-state index contributed by atoms with van der Waals surface area (Å²) in [5, 5.41) is 12.4. The van der Waals surface area contributed by atoms with Crippen molar-refractivity contribution in [2.75, 3.05) is 38.1 Å². The highest BCUT2D eigenvalue weighted by Gasteiger charge is 2.31. The first-order valence-corrected chi connectivity index (χ1v) is 14.2. The molecule has 2 fully saturated rings. The normalized spacial score (nSPS) is 21.3. The number of aromatic nitrogens is 2. The highest BCUT2D eigenvalue weighted by Crippen LogP contribution is 2.37. The largest absolute Gasteiger partial charge is 0.416 e. The molecule has 2 N–H and O–H groups in total. The molecule has 0 spiro atoms. The number of aliphatic hydroxyl groups is 1. The first-order chi connectivity index (χ1) is 19.1. The van der Waals surface area contributed by atoms with Gasteiger partial charge in [0.25, 0.3) is 5.91 Å². The molecule has 40 heavy (non-hydrogen) atoms. The third-order valence-corrected chi connectivity index (χ3v) is 8.41. The number of hydrogen-bond donors (Lipinski definition) is 2. The number of nitrogens with one attached hydrogen (secondary N) is 1. The molecule has 0 radical (unpaired) electrons. The summed E-state index contributed by atoms with van der Waals surface area (Å²) in [6.45, 7) is 9.48.